The molecule has 0 radical (unpaired) electrons. The van der Waals surface area contributed by atoms with Crippen LogP contribution in [0.15, 0.2) is 32.8 Å². The van der Waals surface area contributed by atoms with E-state index in [2.05, 4.69) is 20.5 Å². The first-order chi connectivity index (χ1) is 10.4. The zero-order chi connectivity index (χ0) is 16.3. The van der Waals surface area contributed by atoms with E-state index >= 15 is 0 Å². The number of halogens is 1. The molecule has 1 amide bonds. The molecule has 22 heavy (non-hydrogen) atoms. The Bertz CT molecular complexity index is 817. The van der Waals surface area contributed by atoms with Gasteiger partial charge < -0.3 is 5.32 Å². The SMILES string of the molecule is Cc1ccc(Cl)cc1NC(=O)C(C)Sc1n[nH]c(=O)[nH]c1=O. The summed E-state index contributed by atoms with van der Waals surface area (Å²) in [6.45, 7) is 3.48. The molecule has 0 fully saturated rings. The van der Waals surface area contributed by atoms with E-state index in [1.807, 2.05) is 6.92 Å². The average Bonchev–Trinajstić information content (AvgIpc) is 2.45. The second-order valence-electron chi connectivity index (χ2n) is 4.52. The van der Waals surface area contributed by atoms with Gasteiger partial charge in [0.2, 0.25) is 5.91 Å². The predicted octanol–water partition coefficient (Wildman–Crippen LogP) is 1.54. The van der Waals surface area contributed by atoms with E-state index in [1.54, 1.807) is 25.1 Å². The van der Waals surface area contributed by atoms with Crippen LogP contribution in [0.3, 0.4) is 0 Å². The lowest BCUT2D eigenvalue weighted by atomic mass is 10.2. The summed E-state index contributed by atoms with van der Waals surface area (Å²) < 4.78 is 0. The summed E-state index contributed by atoms with van der Waals surface area (Å²) >= 11 is 6.85. The molecule has 116 valence electrons. The molecule has 1 aromatic heterocycles. The zero-order valence-corrected chi connectivity index (χ0v) is 13.3. The van der Waals surface area contributed by atoms with Crippen molar-refractivity contribution >= 4 is 35.0 Å². The van der Waals surface area contributed by atoms with E-state index in [4.69, 9.17) is 11.6 Å². The number of anilines is 1. The summed E-state index contributed by atoms with van der Waals surface area (Å²) in [6.07, 6.45) is 0. The Labute approximate surface area is 134 Å². The van der Waals surface area contributed by atoms with Crippen LogP contribution in [0.4, 0.5) is 5.69 Å². The second-order valence-corrected chi connectivity index (χ2v) is 6.29. The Hall–Kier alpha value is -2.06. The zero-order valence-electron chi connectivity index (χ0n) is 11.8. The maximum Gasteiger partial charge on any atom is 0.342 e. The summed E-state index contributed by atoms with van der Waals surface area (Å²) in [5.41, 5.74) is 0.150. The van der Waals surface area contributed by atoms with Crippen molar-refractivity contribution in [2.75, 3.05) is 5.32 Å². The third kappa shape index (κ3) is 3.99. The van der Waals surface area contributed by atoms with Gasteiger partial charge in [-0.2, -0.15) is 5.10 Å². The van der Waals surface area contributed by atoms with Gasteiger partial charge in [-0.3, -0.25) is 14.6 Å². The van der Waals surface area contributed by atoms with Crippen LogP contribution in [0.2, 0.25) is 5.02 Å². The fraction of sp³-hybridized carbons (Fsp3) is 0.231. The highest BCUT2D eigenvalue weighted by Crippen LogP contribution is 2.23. The van der Waals surface area contributed by atoms with E-state index in [0.717, 1.165) is 17.3 Å². The maximum absolute atomic E-state index is 12.2. The number of rotatable bonds is 4. The van der Waals surface area contributed by atoms with Gasteiger partial charge in [-0.15, -0.1) is 0 Å². The lowest BCUT2D eigenvalue weighted by Crippen LogP contribution is -2.28. The molecule has 1 unspecified atom stereocenters. The van der Waals surface area contributed by atoms with Gasteiger partial charge in [0.1, 0.15) is 0 Å². The minimum Gasteiger partial charge on any atom is -0.325 e. The van der Waals surface area contributed by atoms with Crippen LogP contribution in [0, 0.1) is 6.92 Å². The number of hydrogen-bond acceptors (Lipinski definition) is 5. The molecule has 1 aromatic carbocycles. The number of aryl methyl sites for hydroxylation is 1. The summed E-state index contributed by atoms with van der Waals surface area (Å²) in [4.78, 5) is 36.7. The number of benzene rings is 1. The maximum atomic E-state index is 12.2. The Morgan fingerprint density at radius 2 is 2.14 bits per heavy atom. The molecule has 0 spiro atoms. The number of aromatic amines is 2. The summed E-state index contributed by atoms with van der Waals surface area (Å²) in [5.74, 6) is -0.303. The second kappa shape index (κ2) is 6.80. The van der Waals surface area contributed by atoms with Crippen LogP contribution in [-0.4, -0.2) is 26.3 Å². The van der Waals surface area contributed by atoms with Crippen LogP contribution in [0.1, 0.15) is 12.5 Å². The van der Waals surface area contributed by atoms with Gasteiger partial charge in [-0.05, 0) is 31.5 Å². The molecule has 9 heteroatoms. The number of nitrogens with zero attached hydrogens (tertiary/aromatic N) is 1. The number of H-pyrrole nitrogens is 2. The first-order valence-electron chi connectivity index (χ1n) is 6.29. The Balaban J connectivity index is 2.10. The van der Waals surface area contributed by atoms with Crippen molar-refractivity contribution in [1.82, 2.24) is 15.2 Å². The van der Waals surface area contributed by atoms with E-state index < -0.39 is 16.5 Å². The monoisotopic (exact) mass is 340 g/mol. The van der Waals surface area contributed by atoms with Crippen LogP contribution in [0.25, 0.3) is 0 Å². The summed E-state index contributed by atoms with van der Waals surface area (Å²) in [6, 6.07) is 5.18. The van der Waals surface area contributed by atoms with Gasteiger partial charge in [-0.1, -0.05) is 29.4 Å². The van der Waals surface area contributed by atoms with Crippen LogP contribution >= 0.6 is 23.4 Å². The van der Waals surface area contributed by atoms with E-state index in [1.165, 1.54) is 0 Å². The topological polar surface area (TPSA) is 108 Å². The van der Waals surface area contributed by atoms with Crippen molar-refractivity contribution in [3.05, 3.63) is 49.6 Å². The van der Waals surface area contributed by atoms with Gasteiger partial charge >= 0.3 is 5.69 Å². The number of amides is 1. The number of carbonyl (C=O) groups is 1. The molecule has 0 aliphatic rings. The molecule has 0 saturated carbocycles. The van der Waals surface area contributed by atoms with E-state index in [-0.39, 0.29) is 10.9 Å². The molecular weight excluding hydrogens is 328 g/mol. The smallest absolute Gasteiger partial charge is 0.325 e. The van der Waals surface area contributed by atoms with Crippen molar-refractivity contribution < 1.29 is 4.79 Å². The number of nitrogens with one attached hydrogen (secondary N) is 3. The Morgan fingerprint density at radius 1 is 1.41 bits per heavy atom. The Kier molecular flexibility index (Phi) is 5.04. The van der Waals surface area contributed by atoms with Gasteiger partial charge in [-0.25, -0.2) is 9.89 Å². The largest absolute Gasteiger partial charge is 0.342 e. The lowest BCUT2D eigenvalue weighted by molar-refractivity contribution is -0.115. The normalized spacial score (nSPS) is 12.0. The van der Waals surface area contributed by atoms with Crippen LogP contribution in [-0.2, 0) is 4.79 Å². The molecule has 0 aliphatic heterocycles. The highest BCUT2D eigenvalue weighted by molar-refractivity contribution is 8.00. The third-order valence-corrected chi connectivity index (χ3v) is 4.10. The molecular formula is C13H13ClN4O3S. The van der Waals surface area contributed by atoms with Gasteiger partial charge in [0.05, 0.1) is 5.25 Å². The molecule has 2 aromatic rings. The van der Waals surface area contributed by atoms with Gasteiger partial charge in [0.15, 0.2) is 5.03 Å². The first kappa shape index (κ1) is 16.3. The Morgan fingerprint density at radius 3 is 2.82 bits per heavy atom. The van der Waals surface area contributed by atoms with Crippen molar-refractivity contribution in [3.63, 3.8) is 0 Å². The highest BCUT2D eigenvalue weighted by atomic mass is 35.5. The molecule has 0 bridgehead atoms. The standard InChI is InChI=1S/C13H13ClN4O3S/c1-6-3-4-8(14)5-9(6)15-10(19)7(2)22-12-11(20)16-13(21)18-17-12/h3-5,7H,1-2H3,(H,15,19)(H2,16,18,20,21). The number of carbonyl (C=O) groups excluding carboxylic acids is 1. The average molecular weight is 341 g/mol. The number of thioether (sulfide) groups is 1. The third-order valence-electron chi connectivity index (χ3n) is 2.80. The van der Waals surface area contributed by atoms with Gasteiger partial charge in [0.25, 0.3) is 5.56 Å². The van der Waals surface area contributed by atoms with Crippen molar-refractivity contribution in [2.24, 2.45) is 0 Å². The molecule has 7 nitrogen and oxygen atoms in total. The molecule has 2 rings (SSSR count). The minimum atomic E-state index is -0.694. The van der Waals surface area contributed by atoms with Crippen LogP contribution < -0.4 is 16.6 Å². The molecule has 3 N–H and O–H groups in total. The summed E-state index contributed by atoms with van der Waals surface area (Å²) in [5, 5.41) is 8.43. The predicted molar refractivity (Wildman–Crippen MR) is 85.6 cm³/mol. The van der Waals surface area contributed by atoms with Crippen LogP contribution in [0.5, 0.6) is 0 Å². The molecule has 1 heterocycles. The van der Waals surface area contributed by atoms with E-state index in [0.29, 0.717) is 10.7 Å². The van der Waals surface area contributed by atoms with Crippen molar-refractivity contribution in [3.8, 4) is 0 Å². The van der Waals surface area contributed by atoms with Crippen molar-refractivity contribution in [2.45, 2.75) is 24.1 Å². The molecule has 0 saturated heterocycles. The summed E-state index contributed by atoms with van der Waals surface area (Å²) in [7, 11) is 0. The quantitative estimate of drug-likeness (QED) is 0.732. The van der Waals surface area contributed by atoms with Crippen molar-refractivity contribution in [1.29, 1.82) is 0 Å². The van der Waals surface area contributed by atoms with E-state index in [9.17, 15) is 14.4 Å². The molecule has 1 atom stereocenters. The van der Waals surface area contributed by atoms with Gasteiger partial charge in [0, 0.05) is 10.7 Å². The number of hydrogen-bond donors (Lipinski definition) is 3. The highest BCUT2D eigenvalue weighted by Gasteiger charge is 2.18. The molecule has 0 aliphatic carbocycles. The first-order valence-corrected chi connectivity index (χ1v) is 7.55. The minimum absolute atomic E-state index is 0.0186. The lowest BCUT2D eigenvalue weighted by Gasteiger charge is -2.12. The number of aromatic nitrogens is 3. The fourth-order valence-corrected chi connectivity index (χ4v) is 2.53. The fourth-order valence-electron chi connectivity index (χ4n) is 1.60.